The minimum Gasteiger partial charge on any atom is -0.481 e. The van der Waals surface area contributed by atoms with Gasteiger partial charge in [0.05, 0.1) is 25.7 Å². The third kappa shape index (κ3) is 5.46. The lowest BCUT2D eigenvalue weighted by atomic mass is 10.1. The fourth-order valence-electron chi connectivity index (χ4n) is 2.05. The van der Waals surface area contributed by atoms with Gasteiger partial charge in [-0.25, -0.2) is 0 Å². The van der Waals surface area contributed by atoms with Gasteiger partial charge >= 0.3 is 5.97 Å². The molecule has 18 heavy (non-hydrogen) atoms. The van der Waals surface area contributed by atoms with Crippen LogP contribution in [0.1, 0.15) is 25.7 Å². The van der Waals surface area contributed by atoms with Crippen LogP contribution in [0.5, 0.6) is 0 Å². The van der Waals surface area contributed by atoms with Crippen LogP contribution >= 0.6 is 0 Å². The molecule has 0 aliphatic heterocycles. The van der Waals surface area contributed by atoms with Gasteiger partial charge < -0.3 is 19.9 Å². The Bertz CT molecular complexity index is 282. The van der Waals surface area contributed by atoms with E-state index >= 15 is 0 Å². The van der Waals surface area contributed by atoms with Crippen LogP contribution in [-0.4, -0.2) is 50.0 Å². The van der Waals surface area contributed by atoms with Crippen molar-refractivity contribution in [3.8, 4) is 0 Å². The topological polar surface area (TPSA) is 84.9 Å². The van der Waals surface area contributed by atoms with Gasteiger partial charge in [-0.05, 0) is 19.3 Å². The Kier molecular flexibility index (Phi) is 6.67. The van der Waals surface area contributed by atoms with Crippen molar-refractivity contribution in [2.24, 2.45) is 5.92 Å². The molecule has 6 heteroatoms. The molecule has 0 unspecified atom stereocenters. The highest BCUT2D eigenvalue weighted by molar-refractivity contribution is 5.76. The van der Waals surface area contributed by atoms with E-state index < -0.39 is 5.97 Å². The van der Waals surface area contributed by atoms with Crippen LogP contribution in [0.4, 0.5) is 0 Å². The number of carboxylic acid groups (broad SMARTS) is 1. The summed E-state index contributed by atoms with van der Waals surface area (Å²) in [4.78, 5) is 22.3. The first-order valence-electron chi connectivity index (χ1n) is 6.22. The van der Waals surface area contributed by atoms with Crippen molar-refractivity contribution < 1.29 is 24.2 Å². The van der Waals surface area contributed by atoms with Crippen molar-refractivity contribution in [1.82, 2.24) is 5.32 Å². The first-order valence-corrected chi connectivity index (χ1v) is 6.22. The molecular weight excluding hydrogens is 238 g/mol. The molecule has 1 fully saturated rings. The molecule has 1 amide bonds. The number of nitrogens with one attached hydrogen (secondary N) is 1. The van der Waals surface area contributed by atoms with Gasteiger partial charge in [0.15, 0.2) is 0 Å². The minimum absolute atomic E-state index is 0.00225. The first-order chi connectivity index (χ1) is 8.63. The van der Waals surface area contributed by atoms with Crippen molar-refractivity contribution in [3.05, 3.63) is 0 Å². The smallest absolute Gasteiger partial charge is 0.306 e. The fourth-order valence-corrected chi connectivity index (χ4v) is 2.05. The van der Waals surface area contributed by atoms with E-state index in [1.807, 2.05) is 0 Å². The van der Waals surface area contributed by atoms with E-state index in [-0.39, 0.29) is 17.9 Å². The molecule has 0 saturated heterocycles. The number of hydrogen-bond donors (Lipinski definition) is 2. The second kappa shape index (κ2) is 8.05. The lowest BCUT2D eigenvalue weighted by Crippen LogP contribution is -2.33. The Labute approximate surface area is 107 Å². The van der Waals surface area contributed by atoms with Gasteiger partial charge in [0.25, 0.3) is 0 Å². The highest BCUT2D eigenvalue weighted by Crippen LogP contribution is 2.25. The average molecular weight is 259 g/mol. The third-order valence-electron chi connectivity index (χ3n) is 3.05. The standard InChI is InChI=1S/C12H21NO5/c1-17-6-7-18-5-4-11(14)13-10-3-2-9(8-10)12(15)16/h9-10H,2-8H2,1H3,(H,13,14)(H,15,16)/t9-,10+/m0/s1. The molecule has 6 nitrogen and oxygen atoms in total. The van der Waals surface area contributed by atoms with Crippen LogP contribution in [0.3, 0.4) is 0 Å². The van der Waals surface area contributed by atoms with Gasteiger partial charge in [-0.1, -0.05) is 0 Å². The Hall–Kier alpha value is -1.14. The van der Waals surface area contributed by atoms with E-state index in [0.29, 0.717) is 39.1 Å². The molecule has 0 aromatic heterocycles. The second-order valence-electron chi connectivity index (χ2n) is 4.47. The van der Waals surface area contributed by atoms with E-state index in [2.05, 4.69) is 5.32 Å². The zero-order valence-corrected chi connectivity index (χ0v) is 10.7. The van der Waals surface area contributed by atoms with E-state index in [4.69, 9.17) is 14.6 Å². The number of aliphatic carboxylic acids is 1. The van der Waals surface area contributed by atoms with Gasteiger partial charge in [0.2, 0.25) is 5.91 Å². The van der Waals surface area contributed by atoms with Crippen molar-refractivity contribution in [2.75, 3.05) is 26.9 Å². The molecule has 0 heterocycles. The first kappa shape index (κ1) is 14.9. The highest BCUT2D eigenvalue weighted by Gasteiger charge is 2.30. The van der Waals surface area contributed by atoms with E-state index in [1.54, 1.807) is 7.11 Å². The summed E-state index contributed by atoms with van der Waals surface area (Å²) >= 11 is 0. The normalized spacial score (nSPS) is 22.9. The number of methoxy groups -OCH3 is 1. The molecule has 0 aromatic rings. The summed E-state index contributed by atoms with van der Waals surface area (Å²) in [5.41, 5.74) is 0. The Balaban J connectivity index is 2.08. The molecule has 1 aliphatic rings. The van der Waals surface area contributed by atoms with E-state index in [9.17, 15) is 9.59 Å². The SMILES string of the molecule is COCCOCCC(=O)N[C@@H]1CC[C@H](C(=O)O)C1. The lowest BCUT2D eigenvalue weighted by molar-refractivity contribution is -0.141. The Morgan fingerprint density at radius 1 is 1.28 bits per heavy atom. The Morgan fingerprint density at radius 2 is 2.06 bits per heavy atom. The number of carbonyl (C=O) groups excluding carboxylic acids is 1. The quantitative estimate of drug-likeness (QED) is 0.617. The summed E-state index contributed by atoms with van der Waals surface area (Å²) in [6, 6.07) is -0.00225. The molecule has 1 saturated carbocycles. The van der Waals surface area contributed by atoms with Crippen LogP contribution < -0.4 is 5.32 Å². The average Bonchev–Trinajstić information content (AvgIpc) is 2.77. The number of carboxylic acids is 1. The maximum absolute atomic E-state index is 11.5. The fraction of sp³-hybridized carbons (Fsp3) is 0.833. The van der Waals surface area contributed by atoms with Gasteiger partial charge in [-0.2, -0.15) is 0 Å². The van der Waals surface area contributed by atoms with E-state index in [0.717, 1.165) is 6.42 Å². The summed E-state index contributed by atoms with van der Waals surface area (Å²) in [6.45, 7) is 1.36. The number of amides is 1. The number of rotatable bonds is 8. The van der Waals surface area contributed by atoms with Crippen LogP contribution in [0.25, 0.3) is 0 Å². The van der Waals surface area contributed by atoms with Crippen molar-refractivity contribution in [3.63, 3.8) is 0 Å². The van der Waals surface area contributed by atoms with Crippen molar-refractivity contribution in [2.45, 2.75) is 31.7 Å². The zero-order valence-electron chi connectivity index (χ0n) is 10.7. The second-order valence-corrected chi connectivity index (χ2v) is 4.47. The van der Waals surface area contributed by atoms with Gasteiger partial charge in [-0.15, -0.1) is 0 Å². The highest BCUT2D eigenvalue weighted by atomic mass is 16.5. The van der Waals surface area contributed by atoms with Crippen LogP contribution in [0.15, 0.2) is 0 Å². The predicted octanol–water partition coefficient (Wildman–Crippen LogP) is 0.409. The molecule has 1 aliphatic carbocycles. The van der Waals surface area contributed by atoms with Crippen LogP contribution in [-0.2, 0) is 19.1 Å². The molecule has 0 spiro atoms. The number of carbonyl (C=O) groups is 2. The summed E-state index contributed by atoms with van der Waals surface area (Å²) in [5, 5.41) is 11.7. The van der Waals surface area contributed by atoms with E-state index in [1.165, 1.54) is 0 Å². The molecule has 0 aromatic carbocycles. The Morgan fingerprint density at radius 3 is 2.67 bits per heavy atom. The summed E-state index contributed by atoms with van der Waals surface area (Å²) in [6.07, 6.45) is 2.22. The zero-order chi connectivity index (χ0) is 13.4. The molecule has 104 valence electrons. The number of hydrogen-bond acceptors (Lipinski definition) is 4. The van der Waals surface area contributed by atoms with Gasteiger partial charge in [0.1, 0.15) is 0 Å². The molecule has 2 atom stereocenters. The third-order valence-corrected chi connectivity index (χ3v) is 3.05. The molecule has 0 radical (unpaired) electrons. The van der Waals surface area contributed by atoms with Gasteiger partial charge in [-0.3, -0.25) is 9.59 Å². The molecule has 1 rings (SSSR count). The summed E-state index contributed by atoms with van der Waals surface area (Å²) in [5.74, 6) is -1.16. The molecule has 0 bridgehead atoms. The summed E-state index contributed by atoms with van der Waals surface area (Å²) < 4.78 is 10.00. The summed E-state index contributed by atoms with van der Waals surface area (Å²) in [7, 11) is 1.59. The lowest BCUT2D eigenvalue weighted by Gasteiger charge is -2.12. The monoisotopic (exact) mass is 259 g/mol. The molecule has 2 N–H and O–H groups in total. The maximum atomic E-state index is 11.5. The van der Waals surface area contributed by atoms with Gasteiger partial charge in [0, 0.05) is 19.6 Å². The predicted molar refractivity (Wildman–Crippen MR) is 64.2 cm³/mol. The van der Waals surface area contributed by atoms with Crippen molar-refractivity contribution >= 4 is 11.9 Å². The molecular formula is C12H21NO5. The largest absolute Gasteiger partial charge is 0.481 e. The van der Waals surface area contributed by atoms with Crippen LogP contribution in [0, 0.1) is 5.92 Å². The van der Waals surface area contributed by atoms with Crippen molar-refractivity contribution in [1.29, 1.82) is 0 Å². The number of ether oxygens (including phenoxy) is 2. The van der Waals surface area contributed by atoms with Crippen LogP contribution in [0.2, 0.25) is 0 Å². The minimum atomic E-state index is -0.769. The maximum Gasteiger partial charge on any atom is 0.306 e.